The lowest BCUT2D eigenvalue weighted by molar-refractivity contribution is 0.0883. The van der Waals surface area contributed by atoms with E-state index in [4.69, 9.17) is 4.74 Å². The number of likely N-dealkylation sites (tertiary alicyclic amines) is 1. The van der Waals surface area contributed by atoms with Crippen molar-refractivity contribution in [3.8, 4) is 5.75 Å². The summed E-state index contributed by atoms with van der Waals surface area (Å²) in [6, 6.07) is 7.41. The molecule has 1 aliphatic heterocycles. The van der Waals surface area contributed by atoms with Crippen LogP contribution in [0.1, 0.15) is 36.5 Å². The minimum atomic E-state index is 0.0616. The van der Waals surface area contributed by atoms with Gasteiger partial charge in [-0.1, -0.05) is 13.3 Å². The fraction of sp³-hybridized carbons (Fsp3) is 0.562. The maximum absolute atomic E-state index is 12.4. The maximum Gasteiger partial charge on any atom is 0.166 e. The third-order valence-electron chi connectivity index (χ3n) is 3.80. The van der Waals surface area contributed by atoms with E-state index in [0.717, 1.165) is 30.9 Å². The van der Waals surface area contributed by atoms with Crippen LogP contribution in [0.15, 0.2) is 24.3 Å². The van der Waals surface area contributed by atoms with Crippen LogP contribution in [-0.4, -0.2) is 37.4 Å². The number of Topliss-reactive ketones (excluding diaryl/α,β-unsaturated/α-hetero) is 1. The van der Waals surface area contributed by atoms with Crippen LogP contribution in [-0.2, 0) is 0 Å². The summed E-state index contributed by atoms with van der Waals surface area (Å²) in [7, 11) is 1.63. The average molecular weight is 261 g/mol. The molecule has 0 saturated carbocycles. The first-order valence-electron chi connectivity index (χ1n) is 7.11. The van der Waals surface area contributed by atoms with Crippen molar-refractivity contribution in [1.29, 1.82) is 0 Å². The number of nitrogens with zero attached hydrogens (tertiary/aromatic N) is 1. The molecule has 0 aromatic heterocycles. The third kappa shape index (κ3) is 3.80. The number of carbonyl (C=O) groups excluding carboxylic acids is 1. The molecule has 1 aliphatic rings. The van der Waals surface area contributed by atoms with Gasteiger partial charge in [-0.3, -0.25) is 4.79 Å². The largest absolute Gasteiger partial charge is 0.497 e. The highest BCUT2D eigenvalue weighted by Gasteiger charge is 2.19. The van der Waals surface area contributed by atoms with E-state index in [1.807, 2.05) is 31.2 Å². The summed E-state index contributed by atoms with van der Waals surface area (Å²) in [6.07, 6.45) is 3.87. The van der Waals surface area contributed by atoms with Crippen molar-refractivity contribution in [2.75, 3.05) is 26.7 Å². The lowest BCUT2D eigenvalue weighted by Gasteiger charge is -2.28. The van der Waals surface area contributed by atoms with Gasteiger partial charge in [-0.25, -0.2) is 0 Å². The van der Waals surface area contributed by atoms with Crippen LogP contribution in [0.25, 0.3) is 0 Å². The molecule has 104 valence electrons. The van der Waals surface area contributed by atoms with E-state index in [1.54, 1.807) is 7.11 Å². The van der Waals surface area contributed by atoms with Crippen LogP contribution in [0.2, 0.25) is 0 Å². The van der Waals surface area contributed by atoms with E-state index in [-0.39, 0.29) is 11.7 Å². The fourth-order valence-electron chi connectivity index (χ4n) is 2.65. The molecule has 1 atom stereocenters. The van der Waals surface area contributed by atoms with Crippen molar-refractivity contribution < 1.29 is 9.53 Å². The topological polar surface area (TPSA) is 29.5 Å². The Balaban J connectivity index is 1.93. The van der Waals surface area contributed by atoms with Gasteiger partial charge in [0.2, 0.25) is 0 Å². The van der Waals surface area contributed by atoms with Gasteiger partial charge < -0.3 is 9.64 Å². The SMILES string of the molecule is COc1ccc(C(=O)[C@@H](C)CN2CCCCC2)cc1. The third-order valence-corrected chi connectivity index (χ3v) is 3.80. The number of ether oxygens (including phenoxy) is 1. The number of rotatable bonds is 5. The molecular formula is C16H23NO2. The smallest absolute Gasteiger partial charge is 0.166 e. The summed E-state index contributed by atoms with van der Waals surface area (Å²) in [5.74, 6) is 1.08. The average Bonchev–Trinajstić information content (AvgIpc) is 2.47. The second-order valence-electron chi connectivity index (χ2n) is 5.36. The van der Waals surface area contributed by atoms with Gasteiger partial charge in [0.25, 0.3) is 0 Å². The zero-order valence-electron chi connectivity index (χ0n) is 11.9. The predicted octanol–water partition coefficient (Wildman–Crippen LogP) is 3.00. The fourth-order valence-corrected chi connectivity index (χ4v) is 2.65. The van der Waals surface area contributed by atoms with Crippen LogP contribution < -0.4 is 4.74 Å². The number of benzene rings is 1. The molecule has 1 aromatic carbocycles. The first-order valence-corrected chi connectivity index (χ1v) is 7.11. The van der Waals surface area contributed by atoms with Gasteiger partial charge in [0.1, 0.15) is 5.75 Å². The number of methoxy groups -OCH3 is 1. The molecule has 0 unspecified atom stereocenters. The van der Waals surface area contributed by atoms with Crippen molar-refractivity contribution in [1.82, 2.24) is 4.90 Å². The molecule has 0 bridgehead atoms. The van der Waals surface area contributed by atoms with Gasteiger partial charge >= 0.3 is 0 Å². The van der Waals surface area contributed by atoms with Crippen LogP contribution in [0, 0.1) is 5.92 Å². The minimum absolute atomic E-state index is 0.0616. The Morgan fingerprint density at radius 2 is 1.84 bits per heavy atom. The summed E-state index contributed by atoms with van der Waals surface area (Å²) < 4.78 is 5.11. The van der Waals surface area contributed by atoms with Crippen LogP contribution in [0.4, 0.5) is 0 Å². The van der Waals surface area contributed by atoms with E-state index < -0.39 is 0 Å². The van der Waals surface area contributed by atoms with Gasteiger partial charge in [0, 0.05) is 18.0 Å². The van der Waals surface area contributed by atoms with Gasteiger partial charge in [0.15, 0.2) is 5.78 Å². The van der Waals surface area contributed by atoms with Gasteiger partial charge in [-0.2, -0.15) is 0 Å². The Hall–Kier alpha value is -1.35. The molecule has 0 amide bonds. The van der Waals surface area contributed by atoms with Gasteiger partial charge in [-0.15, -0.1) is 0 Å². The standard InChI is InChI=1S/C16H23NO2/c1-13(12-17-10-4-3-5-11-17)16(18)14-6-8-15(19-2)9-7-14/h6-9,13H,3-5,10-12H2,1-2H3/t13-/m0/s1. The normalized spacial score (nSPS) is 18.0. The maximum atomic E-state index is 12.4. The number of ketones is 1. The number of hydrogen-bond acceptors (Lipinski definition) is 3. The molecule has 0 spiro atoms. The van der Waals surface area contributed by atoms with Crippen molar-refractivity contribution in [2.24, 2.45) is 5.92 Å². The second-order valence-corrected chi connectivity index (χ2v) is 5.36. The molecule has 3 heteroatoms. The summed E-state index contributed by atoms with van der Waals surface area (Å²) >= 11 is 0. The number of carbonyl (C=O) groups is 1. The summed E-state index contributed by atoms with van der Waals surface area (Å²) in [4.78, 5) is 14.8. The Morgan fingerprint density at radius 3 is 2.42 bits per heavy atom. The summed E-state index contributed by atoms with van der Waals surface area (Å²) in [5, 5.41) is 0. The van der Waals surface area contributed by atoms with Gasteiger partial charge in [-0.05, 0) is 50.2 Å². The molecular weight excluding hydrogens is 238 g/mol. The monoisotopic (exact) mass is 261 g/mol. The molecule has 1 saturated heterocycles. The molecule has 1 aromatic rings. The van der Waals surface area contributed by atoms with E-state index in [0.29, 0.717) is 0 Å². The van der Waals surface area contributed by atoms with Crippen LogP contribution >= 0.6 is 0 Å². The second kappa shape index (κ2) is 6.71. The minimum Gasteiger partial charge on any atom is -0.497 e. The molecule has 0 aliphatic carbocycles. The van der Waals surface area contributed by atoms with Crippen molar-refractivity contribution in [3.05, 3.63) is 29.8 Å². The van der Waals surface area contributed by atoms with E-state index in [1.165, 1.54) is 19.3 Å². The number of piperidine rings is 1. The summed E-state index contributed by atoms with van der Waals surface area (Å²) in [6.45, 7) is 5.19. The van der Waals surface area contributed by atoms with Crippen molar-refractivity contribution in [2.45, 2.75) is 26.2 Å². The number of hydrogen-bond donors (Lipinski definition) is 0. The van der Waals surface area contributed by atoms with E-state index in [9.17, 15) is 4.79 Å². The Bertz CT molecular complexity index is 407. The molecule has 1 fully saturated rings. The quantitative estimate of drug-likeness (QED) is 0.763. The molecule has 1 heterocycles. The van der Waals surface area contributed by atoms with Crippen LogP contribution in [0.3, 0.4) is 0 Å². The van der Waals surface area contributed by atoms with Crippen LogP contribution in [0.5, 0.6) is 5.75 Å². The lowest BCUT2D eigenvalue weighted by Crippen LogP contribution is -2.35. The lowest BCUT2D eigenvalue weighted by atomic mass is 9.98. The molecule has 0 N–H and O–H groups in total. The van der Waals surface area contributed by atoms with Crippen molar-refractivity contribution in [3.63, 3.8) is 0 Å². The predicted molar refractivity (Wildman–Crippen MR) is 76.8 cm³/mol. The summed E-state index contributed by atoms with van der Waals surface area (Å²) in [5.41, 5.74) is 0.783. The molecule has 19 heavy (non-hydrogen) atoms. The zero-order valence-corrected chi connectivity index (χ0v) is 11.9. The Morgan fingerprint density at radius 1 is 1.21 bits per heavy atom. The molecule has 2 rings (SSSR count). The van der Waals surface area contributed by atoms with E-state index in [2.05, 4.69) is 4.90 Å². The van der Waals surface area contributed by atoms with Gasteiger partial charge in [0.05, 0.1) is 7.11 Å². The molecule has 3 nitrogen and oxygen atoms in total. The highest BCUT2D eigenvalue weighted by Crippen LogP contribution is 2.17. The highest BCUT2D eigenvalue weighted by molar-refractivity contribution is 5.97. The Labute approximate surface area is 115 Å². The van der Waals surface area contributed by atoms with Crippen molar-refractivity contribution >= 4 is 5.78 Å². The first-order chi connectivity index (χ1) is 9.20. The first kappa shape index (κ1) is 14.1. The Kier molecular flexibility index (Phi) is 4.97. The molecule has 0 radical (unpaired) electrons. The van der Waals surface area contributed by atoms with E-state index >= 15 is 0 Å². The highest BCUT2D eigenvalue weighted by atomic mass is 16.5. The zero-order chi connectivity index (χ0) is 13.7.